The summed E-state index contributed by atoms with van der Waals surface area (Å²) >= 11 is 9.48. The van der Waals surface area contributed by atoms with Crippen LogP contribution in [0.5, 0.6) is 5.75 Å². The quantitative estimate of drug-likeness (QED) is 0.812. The Hall–Kier alpha value is -1.03. The zero-order valence-corrected chi connectivity index (χ0v) is 14.2. The minimum atomic E-state index is 0.131. The average Bonchev–Trinajstić information content (AvgIpc) is 2.49. The lowest BCUT2D eigenvalue weighted by molar-refractivity contribution is 0.224. The average molecular weight is 370 g/mol. The maximum atomic E-state index is 9.65. The Morgan fingerprint density at radius 1 is 1.14 bits per heavy atom. The first-order valence-corrected chi connectivity index (χ1v) is 7.97. The minimum Gasteiger partial charge on any atom is -0.496 e. The van der Waals surface area contributed by atoms with Gasteiger partial charge in [0.1, 0.15) is 5.75 Å². The number of hydrogen-bond donors (Lipinski definition) is 1. The molecule has 0 saturated heterocycles. The smallest absolute Gasteiger partial charge is 0.122 e. The summed E-state index contributed by atoms with van der Waals surface area (Å²) in [5.74, 6) is 0.951. The Morgan fingerprint density at radius 2 is 1.86 bits per heavy atom. The van der Waals surface area contributed by atoms with Crippen LogP contribution >= 0.6 is 27.5 Å². The third-order valence-corrected chi connectivity index (χ3v) is 4.21. The van der Waals surface area contributed by atoms with Crippen LogP contribution in [0.25, 0.3) is 0 Å². The molecule has 0 aliphatic rings. The lowest BCUT2D eigenvalue weighted by Gasteiger charge is -2.16. The van der Waals surface area contributed by atoms with Crippen molar-refractivity contribution in [1.29, 1.82) is 0 Å². The van der Waals surface area contributed by atoms with Gasteiger partial charge in [-0.1, -0.05) is 39.7 Å². The molecule has 1 N–H and O–H groups in total. The molecule has 2 aromatic carbocycles. The molecule has 0 bridgehead atoms. The van der Waals surface area contributed by atoms with Gasteiger partial charge in [0, 0.05) is 16.1 Å². The molecule has 0 aliphatic heterocycles. The van der Waals surface area contributed by atoms with Crippen molar-refractivity contribution < 1.29 is 9.84 Å². The summed E-state index contributed by atoms with van der Waals surface area (Å²) in [4.78, 5) is 0. The number of aliphatic hydroxyl groups excluding tert-OH is 1. The van der Waals surface area contributed by atoms with Crippen LogP contribution in [-0.4, -0.2) is 18.8 Å². The van der Waals surface area contributed by atoms with Crippen molar-refractivity contribution in [2.24, 2.45) is 5.92 Å². The van der Waals surface area contributed by atoms with Crippen LogP contribution in [0, 0.1) is 5.92 Å². The molecule has 4 heteroatoms. The van der Waals surface area contributed by atoms with Gasteiger partial charge in [-0.2, -0.15) is 0 Å². The van der Waals surface area contributed by atoms with Gasteiger partial charge in [-0.05, 0) is 60.2 Å². The molecule has 0 spiro atoms. The summed E-state index contributed by atoms with van der Waals surface area (Å²) in [7, 11) is 1.65. The summed E-state index contributed by atoms with van der Waals surface area (Å²) in [6, 6.07) is 13.8. The van der Waals surface area contributed by atoms with Gasteiger partial charge in [0.2, 0.25) is 0 Å². The van der Waals surface area contributed by atoms with E-state index in [2.05, 4.69) is 28.1 Å². The summed E-state index contributed by atoms with van der Waals surface area (Å²) in [5.41, 5.74) is 2.24. The van der Waals surface area contributed by atoms with E-state index in [-0.39, 0.29) is 12.5 Å². The van der Waals surface area contributed by atoms with Gasteiger partial charge in [0.15, 0.2) is 0 Å². The Kier molecular flexibility index (Phi) is 6.09. The standard InChI is InChI=1S/C17H18BrClO2/c1-21-17-7-6-16(19)10-14(17)9-13(11-20)8-12-2-4-15(18)5-3-12/h2-7,10,13,20H,8-9,11H2,1H3. The first-order valence-electron chi connectivity index (χ1n) is 6.80. The number of rotatable bonds is 6. The molecule has 0 fully saturated rings. The fraction of sp³-hybridized carbons (Fsp3) is 0.294. The molecule has 112 valence electrons. The van der Waals surface area contributed by atoms with E-state index in [4.69, 9.17) is 16.3 Å². The molecule has 0 radical (unpaired) electrons. The van der Waals surface area contributed by atoms with Crippen LogP contribution in [0.4, 0.5) is 0 Å². The highest BCUT2D eigenvalue weighted by Gasteiger charge is 2.13. The molecule has 1 atom stereocenters. The van der Waals surface area contributed by atoms with Crippen LogP contribution in [0.3, 0.4) is 0 Å². The number of ether oxygens (including phenoxy) is 1. The van der Waals surface area contributed by atoms with Gasteiger partial charge in [-0.25, -0.2) is 0 Å². The Labute approximate surface area is 138 Å². The fourth-order valence-corrected chi connectivity index (χ4v) is 2.83. The summed E-state index contributed by atoms with van der Waals surface area (Å²) in [6.45, 7) is 0.131. The molecule has 0 heterocycles. The van der Waals surface area contributed by atoms with E-state index >= 15 is 0 Å². The molecule has 0 saturated carbocycles. The third kappa shape index (κ3) is 4.73. The highest BCUT2D eigenvalue weighted by Crippen LogP contribution is 2.26. The Bertz CT molecular complexity index is 584. The molecular formula is C17H18BrClO2. The second kappa shape index (κ2) is 7.83. The third-order valence-electron chi connectivity index (χ3n) is 3.45. The highest BCUT2D eigenvalue weighted by molar-refractivity contribution is 9.10. The SMILES string of the molecule is COc1ccc(Cl)cc1CC(CO)Cc1ccc(Br)cc1. The van der Waals surface area contributed by atoms with Crippen LogP contribution in [-0.2, 0) is 12.8 Å². The molecule has 1 unspecified atom stereocenters. The largest absolute Gasteiger partial charge is 0.496 e. The van der Waals surface area contributed by atoms with Crippen LogP contribution in [0.15, 0.2) is 46.9 Å². The molecule has 21 heavy (non-hydrogen) atoms. The molecule has 2 nitrogen and oxygen atoms in total. The van der Waals surface area contributed by atoms with Gasteiger partial charge in [0.05, 0.1) is 7.11 Å². The summed E-state index contributed by atoms with van der Waals surface area (Å²) < 4.78 is 6.42. The van der Waals surface area contributed by atoms with E-state index in [9.17, 15) is 5.11 Å². The summed E-state index contributed by atoms with van der Waals surface area (Å²) in [6.07, 6.45) is 1.55. The van der Waals surface area contributed by atoms with E-state index < -0.39 is 0 Å². The van der Waals surface area contributed by atoms with E-state index in [0.717, 1.165) is 28.6 Å². The van der Waals surface area contributed by atoms with Crippen molar-refractivity contribution in [1.82, 2.24) is 0 Å². The molecule has 0 aliphatic carbocycles. The molecule has 0 amide bonds. The maximum absolute atomic E-state index is 9.65. The Morgan fingerprint density at radius 3 is 2.48 bits per heavy atom. The van der Waals surface area contributed by atoms with Crippen molar-refractivity contribution in [3.63, 3.8) is 0 Å². The van der Waals surface area contributed by atoms with Gasteiger partial charge in [0.25, 0.3) is 0 Å². The van der Waals surface area contributed by atoms with E-state index in [0.29, 0.717) is 5.02 Å². The zero-order valence-electron chi connectivity index (χ0n) is 11.9. The van der Waals surface area contributed by atoms with Crippen molar-refractivity contribution in [2.75, 3.05) is 13.7 Å². The minimum absolute atomic E-state index is 0.131. The lowest BCUT2D eigenvalue weighted by Crippen LogP contribution is -2.13. The Balaban J connectivity index is 2.11. The first-order chi connectivity index (χ1) is 10.1. The predicted molar refractivity (Wildman–Crippen MR) is 90.1 cm³/mol. The van der Waals surface area contributed by atoms with Crippen molar-refractivity contribution in [3.8, 4) is 5.75 Å². The van der Waals surface area contributed by atoms with Crippen molar-refractivity contribution >= 4 is 27.5 Å². The van der Waals surface area contributed by atoms with E-state index in [1.807, 2.05) is 30.3 Å². The molecule has 0 aromatic heterocycles. The number of aliphatic hydroxyl groups is 1. The summed E-state index contributed by atoms with van der Waals surface area (Å²) in [5, 5.41) is 10.3. The van der Waals surface area contributed by atoms with Gasteiger partial charge in [-0.3, -0.25) is 0 Å². The normalized spacial score (nSPS) is 12.2. The van der Waals surface area contributed by atoms with E-state index in [1.54, 1.807) is 7.11 Å². The van der Waals surface area contributed by atoms with Crippen LogP contribution in [0.1, 0.15) is 11.1 Å². The topological polar surface area (TPSA) is 29.5 Å². The van der Waals surface area contributed by atoms with Gasteiger partial charge in [-0.15, -0.1) is 0 Å². The van der Waals surface area contributed by atoms with Crippen LogP contribution in [0.2, 0.25) is 5.02 Å². The van der Waals surface area contributed by atoms with Crippen molar-refractivity contribution in [2.45, 2.75) is 12.8 Å². The monoisotopic (exact) mass is 368 g/mol. The number of methoxy groups -OCH3 is 1. The predicted octanol–water partition coefficient (Wildman–Crippen LogP) is 4.50. The second-order valence-corrected chi connectivity index (χ2v) is 6.39. The first kappa shape index (κ1) is 16.3. The zero-order chi connectivity index (χ0) is 15.2. The van der Waals surface area contributed by atoms with E-state index in [1.165, 1.54) is 5.56 Å². The number of halogens is 2. The fourth-order valence-electron chi connectivity index (χ4n) is 2.37. The molecule has 2 rings (SSSR count). The molecule has 2 aromatic rings. The van der Waals surface area contributed by atoms with Crippen LogP contribution < -0.4 is 4.74 Å². The molecular weight excluding hydrogens is 352 g/mol. The maximum Gasteiger partial charge on any atom is 0.122 e. The van der Waals surface area contributed by atoms with Crippen molar-refractivity contribution in [3.05, 3.63) is 63.1 Å². The van der Waals surface area contributed by atoms with Gasteiger partial charge >= 0.3 is 0 Å². The highest BCUT2D eigenvalue weighted by atomic mass is 79.9. The number of hydrogen-bond acceptors (Lipinski definition) is 2. The van der Waals surface area contributed by atoms with Gasteiger partial charge < -0.3 is 9.84 Å². The second-order valence-electron chi connectivity index (χ2n) is 5.04. The number of benzene rings is 2. The lowest BCUT2D eigenvalue weighted by atomic mass is 9.93.